The molecule has 1 rings (SSSR count). The summed E-state index contributed by atoms with van der Waals surface area (Å²) >= 11 is 0. The van der Waals surface area contributed by atoms with Crippen LogP contribution in [0.5, 0.6) is 5.75 Å². The normalized spacial score (nSPS) is 12.6. The maximum absolute atomic E-state index is 9.25. The highest BCUT2D eigenvalue weighted by molar-refractivity contribution is 6.74. The molecule has 108 valence electrons. The second kappa shape index (κ2) is 6.10. The van der Waals surface area contributed by atoms with Crippen molar-refractivity contribution in [3.63, 3.8) is 0 Å². The lowest BCUT2D eigenvalue weighted by Gasteiger charge is -2.37. The molecule has 0 bridgehead atoms. The van der Waals surface area contributed by atoms with Crippen LogP contribution in [0, 0.1) is 0 Å². The van der Waals surface area contributed by atoms with E-state index in [1.807, 2.05) is 12.1 Å². The van der Waals surface area contributed by atoms with E-state index in [1.54, 1.807) is 0 Å². The minimum atomic E-state index is -1.80. The quantitative estimate of drug-likeness (QED) is 0.804. The highest BCUT2D eigenvalue weighted by Gasteiger charge is 2.39. The molecule has 0 fully saturated rings. The molecule has 0 saturated heterocycles. The molecule has 3 heteroatoms. The van der Waals surface area contributed by atoms with Crippen molar-refractivity contribution in [1.82, 2.24) is 0 Å². The van der Waals surface area contributed by atoms with Crippen molar-refractivity contribution in [2.45, 2.75) is 65.3 Å². The van der Waals surface area contributed by atoms with E-state index < -0.39 is 8.32 Å². The van der Waals surface area contributed by atoms with Crippen LogP contribution in [-0.2, 0) is 13.0 Å². The Morgan fingerprint density at radius 1 is 1.21 bits per heavy atom. The van der Waals surface area contributed by atoms with E-state index in [0.717, 1.165) is 24.2 Å². The van der Waals surface area contributed by atoms with E-state index in [4.69, 9.17) is 4.43 Å². The largest absolute Gasteiger partial charge is 0.543 e. The van der Waals surface area contributed by atoms with Crippen molar-refractivity contribution in [3.05, 3.63) is 29.3 Å². The van der Waals surface area contributed by atoms with Crippen molar-refractivity contribution in [2.75, 3.05) is 0 Å². The van der Waals surface area contributed by atoms with Crippen molar-refractivity contribution in [1.29, 1.82) is 0 Å². The molecular formula is C16H28O2Si. The fraction of sp³-hybridized carbons (Fsp3) is 0.625. The van der Waals surface area contributed by atoms with Crippen LogP contribution in [0.4, 0.5) is 0 Å². The average molecular weight is 280 g/mol. The minimum Gasteiger partial charge on any atom is -0.543 e. The van der Waals surface area contributed by atoms with Gasteiger partial charge in [0, 0.05) is 0 Å². The standard InChI is InChI=1S/C16H28O2Si/c1-7-8-14-11-13(12-17)9-10-15(14)18-19(5,6)16(2,3)4/h9-11,17H,7-8,12H2,1-6H3. The Bertz CT molecular complexity index is 419. The second-order valence-corrected chi connectivity index (χ2v) is 11.4. The summed E-state index contributed by atoms with van der Waals surface area (Å²) in [5.41, 5.74) is 2.19. The molecule has 0 radical (unpaired) electrons. The highest BCUT2D eigenvalue weighted by atomic mass is 28.4. The maximum atomic E-state index is 9.25. The number of aryl methyl sites for hydroxylation is 1. The predicted molar refractivity (Wildman–Crippen MR) is 84.2 cm³/mol. The molecule has 0 atom stereocenters. The van der Waals surface area contributed by atoms with Crippen LogP contribution in [0.15, 0.2) is 18.2 Å². The zero-order chi connectivity index (χ0) is 14.7. The molecule has 0 aliphatic carbocycles. The summed E-state index contributed by atoms with van der Waals surface area (Å²) in [5.74, 6) is 1.01. The third-order valence-corrected chi connectivity index (χ3v) is 8.34. The first-order valence-corrected chi connectivity index (χ1v) is 10.0. The maximum Gasteiger partial charge on any atom is 0.250 e. The predicted octanol–water partition coefficient (Wildman–Crippen LogP) is 4.52. The second-order valence-electron chi connectivity index (χ2n) is 6.71. The average Bonchev–Trinajstić information content (AvgIpc) is 2.30. The molecule has 1 aromatic rings. The van der Waals surface area contributed by atoms with Gasteiger partial charge >= 0.3 is 0 Å². The Labute approximate surface area is 118 Å². The van der Waals surface area contributed by atoms with Crippen molar-refractivity contribution >= 4 is 8.32 Å². The van der Waals surface area contributed by atoms with Crippen LogP contribution in [0.25, 0.3) is 0 Å². The lowest BCUT2D eigenvalue weighted by molar-refractivity contribution is 0.281. The van der Waals surface area contributed by atoms with Crippen LogP contribution in [0.3, 0.4) is 0 Å². The van der Waals surface area contributed by atoms with Crippen molar-refractivity contribution in [2.24, 2.45) is 0 Å². The molecule has 0 spiro atoms. The lowest BCUT2D eigenvalue weighted by Crippen LogP contribution is -2.44. The summed E-state index contributed by atoms with van der Waals surface area (Å²) < 4.78 is 6.41. The van der Waals surface area contributed by atoms with Gasteiger partial charge in [-0.2, -0.15) is 0 Å². The van der Waals surface area contributed by atoms with Crippen LogP contribution in [0.1, 0.15) is 45.2 Å². The summed E-state index contributed by atoms with van der Waals surface area (Å²) in [6.45, 7) is 13.5. The Hall–Kier alpha value is -0.803. The molecule has 1 aromatic carbocycles. The zero-order valence-corrected chi connectivity index (χ0v) is 14.2. The monoisotopic (exact) mass is 280 g/mol. The number of aliphatic hydroxyl groups excluding tert-OH is 1. The van der Waals surface area contributed by atoms with E-state index in [9.17, 15) is 5.11 Å². The molecule has 0 unspecified atom stereocenters. The number of aliphatic hydroxyl groups is 1. The number of hydrogen-bond acceptors (Lipinski definition) is 2. The van der Waals surface area contributed by atoms with E-state index in [2.05, 4.69) is 46.9 Å². The molecule has 0 amide bonds. The zero-order valence-electron chi connectivity index (χ0n) is 13.2. The topological polar surface area (TPSA) is 29.5 Å². The molecule has 1 N–H and O–H groups in total. The summed E-state index contributed by atoms with van der Waals surface area (Å²) in [4.78, 5) is 0. The van der Waals surface area contributed by atoms with Gasteiger partial charge in [0.25, 0.3) is 0 Å². The number of benzene rings is 1. The molecule has 19 heavy (non-hydrogen) atoms. The lowest BCUT2D eigenvalue weighted by atomic mass is 10.1. The van der Waals surface area contributed by atoms with Gasteiger partial charge in [-0.1, -0.05) is 40.2 Å². The first-order valence-electron chi connectivity index (χ1n) is 7.13. The third-order valence-electron chi connectivity index (χ3n) is 4.00. The van der Waals surface area contributed by atoms with Gasteiger partial charge in [-0.15, -0.1) is 0 Å². The fourth-order valence-corrected chi connectivity index (χ4v) is 2.78. The molecule has 0 heterocycles. The smallest absolute Gasteiger partial charge is 0.250 e. The molecule has 0 aliphatic rings. The highest BCUT2D eigenvalue weighted by Crippen LogP contribution is 2.38. The minimum absolute atomic E-state index is 0.0943. The summed E-state index contributed by atoms with van der Waals surface area (Å²) in [7, 11) is -1.80. The fourth-order valence-electron chi connectivity index (χ4n) is 1.72. The van der Waals surface area contributed by atoms with Gasteiger partial charge < -0.3 is 9.53 Å². The van der Waals surface area contributed by atoms with Crippen LogP contribution >= 0.6 is 0 Å². The number of hydrogen-bond donors (Lipinski definition) is 1. The molecule has 0 aliphatic heterocycles. The molecule has 0 saturated carbocycles. The third kappa shape index (κ3) is 4.08. The van der Waals surface area contributed by atoms with Crippen molar-refractivity contribution < 1.29 is 9.53 Å². The van der Waals surface area contributed by atoms with Crippen LogP contribution in [-0.4, -0.2) is 13.4 Å². The summed E-state index contributed by atoms with van der Waals surface area (Å²) in [5, 5.41) is 9.45. The first-order chi connectivity index (χ1) is 8.71. The van der Waals surface area contributed by atoms with Gasteiger partial charge in [0.05, 0.1) is 6.61 Å². The van der Waals surface area contributed by atoms with E-state index in [-0.39, 0.29) is 11.6 Å². The SMILES string of the molecule is CCCc1cc(CO)ccc1O[Si](C)(C)C(C)(C)C. The van der Waals surface area contributed by atoms with Gasteiger partial charge in [-0.3, -0.25) is 0 Å². The van der Waals surface area contributed by atoms with Crippen molar-refractivity contribution in [3.8, 4) is 5.75 Å². The van der Waals surface area contributed by atoms with Gasteiger partial charge in [-0.25, -0.2) is 0 Å². The first kappa shape index (κ1) is 16.3. The summed E-state index contributed by atoms with van der Waals surface area (Å²) in [6.07, 6.45) is 2.08. The van der Waals surface area contributed by atoms with Gasteiger partial charge in [-0.05, 0) is 47.8 Å². The van der Waals surface area contributed by atoms with Gasteiger partial charge in [0.1, 0.15) is 5.75 Å². The molecule has 0 aromatic heterocycles. The molecular weight excluding hydrogens is 252 g/mol. The Kier molecular flexibility index (Phi) is 5.22. The van der Waals surface area contributed by atoms with E-state index >= 15 is 0 Å². The Morgan fingerprint density at radius 3 is 2.32 bits per heavy atom. The Morgan fingerprint density at radius 2 is 1.84 bits per heavy atom. The number of rotatable bonds is 5. The van der Waals surface area contributed by atoms with Crippen LogP contribution in [0.2, 0.25) is 18.1 Å². The van der Waals surface area contributed by atoms with Gasteiger partial charge in [0.2, 0.25) is 8.32 Å². The molecule has 2 nitrogen and oxygen atoms in total. The van der Waals surface area contributed by atoms with E-state index in [0.29, 0.717) is 0 Å². The Balaban J connectivity index is 3.06. The van der Waals surface area contributed by atoms with Gasteiger partial charge in [0.15, 0.2) is 0 Å². The van der Waals surface area contributed by atoms with E-state index in [1.165, 1.54) is 5.56 Å². The van der Waals surface area contributed by atoms with Crippen LogP contribution < -0.4 is 4.43 Å². The summed E-state index contributed by atoms with van der Waals surface area (Å²) in [6, 6.07) is 6.06.